The third-order valence-electron chi connectivity index (χ3n) is 12.4. The lowest BCUT2D eigenvalue weighted by molar-refractivity contribution is 1.02. The Hall–Kier alpha value is -7.34. The molecule has 5 aromatic heterocycles. The van der Waals surface area contributed by atoms with Crippen LogP contribution in [0.4, 0.5) is 0 Å². The molecule has 9 aromatic carbocycles. The van der Waals surface area contributed by atoms with E-state index in [9.17, 15) is 0 Å². The van der Waals surface area contributed by atoms with Gasteiger partial charge in [-0.05, 0) is 51.9 Å². The zero-order valence-corrected chi connectivity index (χ0v) is 31.2. The van der Waals surface area contributed by atoms with E-state index in [4.69, 9.17) is 9.97 Å². The molecule has 0 N–H and O–H groups in total. The summed E-state index contributed by atoms with van der Waals surface area (Å²) in [5.41, 5.74) is 8.84. The number of nitrogens with zero attached hydrogens (tertiary/aromatic N) is 4. The summed E-state index contributed by atoms with van der Waals surface area (Å²) < 4.78 is 7.56. The SMILES string of the molecule is c1ccc(-c2nc(-n3c4cccc5c4c4c(cc6ccccc6c43)c3cccc4c6ccc7c8ccccc8sc7c6n5c34)nc3ccc4ccccc4c23)cc1. The van der Waals surface area contributed by atoms with Crippen LogP contribution in [-0.2, 0) is 0 Å². The van der Waals surface area contributed by atoms with Crippen molar-refractivity contribution < 1.29 is 0 Å². The summed E-state index contributed by atoms with van der Waals surface area (Å²) in [7, 11) is 0. The Labute approximate surface area is 328 Å². The van der Waals surface area contributed by atoms with Gasteiger partial charge in [-0.1, -0.05) is 140 Å². The van der Waals surface area contributed by atoms with E-state index in [0.29, 0.717) is 5.95 Å². The minimum absolute atomic E-state index is 0.666. The first-order chi connectivity index (χ1) is 28.3. The van der Waals surface area contributed by atoms with E-state index < -0.39 is 0 Å². The predicted octanol–water partition coefficient (Wildman–Crippen LogP) is 14.2. The number of para-hydroxylation sites is 1. The smallest absolute Gasteiger partial charge is 0.235 e. The Balaban J connectivity index is 1.25. The highest BCUT2D eigenvalue weighted by molar-refractivity contribution is 7.26. The number of rotatable bonds is 2. The van der Waals surface area contributed by atoms with Crippen LogP contribution in [0.15, 0.2) is 170 Å². The van der Waals surface area contributed by atoms with Crippen LogP contribution in [0.3, 0.4) is 0 Å². The minimum Gasteiger partial charge on any atom is -0.306 e. The largest absolute Gasteiger partial charge is 0.306 e. The molecule has 0 fully saturated rings. The number of thiophene rings is 1. The number of benzene rings is 9. The van der Waals surface area contributed by atoms with Gasteiger partial charge in [-0.15, -0.1) is 11.3 Å². The molecule has 0 aliphatic carbocycles. The summed E-state index contributed by atoms with van der Waals surface area (Å²) in [5, 5.41) is 15.8. The molecule has 0 unspecified atom stereocenters. The summed E-state index contributed by atoms with van der Waals surface area (Å²) in [6.45, 7) is 0. The second-order valence-electron chi connectivity index (χ2n) is 15.3. The van der Waals surface area contributed by atoms with E-state index in [1.807, 2.05) is 11.3 Å². The summed E-state index contributed by atoms with van der Waals surface area (Å²) in [5.74, 6) is 0.666. The number of aromatic nitrogens is 4. The number of fused-ring (bicyclic) bond motifs is 14. The minimum atomic E-state index is 0.666. The van der Waals surface area contributed by atoms with E-state index in [1.54, 1.807) is 0 Å². The number of hydrogen-bond acceptors (Lipinski definition) is 3. The molecule has 0 radical (unpaired) electrons. The molecule has 57 heavy (non-hydrogen) atoms. The maximum Gasteiger partial charge on any atom is 0.235 e. The van der Waals surface area contributed by atoms with Crippen LogP contribution in [0.25, 0.3) is 130 Å². The second-order valence-corrected chi connectivity index (χ2v) is 16.3. The molecule has 14 rings (SSSR count). The molecular weight excluding hydrogens is 713 g/mol. The van der Waals surface area contributed by atoms with Crippen molar-refractivity contribution in [3.8, 4) is 17.2 Å². The Kier molecular flexibility index (Phi) is 5.62. The normalized spacial score (nSPS) is 12.6. The highest BCUT2D eigenvalue weighted by Gasteiger charge is 2.26. The quantitative estimate of drug-likeness (QED) is 0.165. The van der Waals surface area contributed by atoms with Gasteiger partial charge in [-0.2, -0.15) is 0 Å². The van der Waals surface area contributed by atoms with Crippen LogP contribution in [0.2, 0.25) is 0 Å². The Morgan fingerprint density at radius 1 is 0.404 bits per heavy atom. The van der Waals surface area contributed by atoms with Crippen molar-refractivity contribution in [1.29, 1.82) is 0 Å². The summed E-state index contributed by atoms with van der Waals surface area (Å²) in [4.78, 5) is 11.1. The van der Waals surface area contributed by atoms with E-state index >= 15 is 0 Å². The molecule has 0 spiro atoms. The van der Waals surface area contributed by atoms with Gasteiger partial charge in [0.05, 0.1) is 43.5 Å². The summed E-state index contributed by atoms with van der Waals surface area (Å²) in [6, 6.07) is 61.9. The molecule has 5 heteroatoms. The van der Waals surface area contributed by atoms with E-state index in [0.717, 1.165) is 38.6 Å². The van der Waals surface area contributed by atoms with Crippen LogP contribution in [0.5, 0.6) is 0 Å². The Morgan fingerprint density at radius 2 is 1.09 bits per heavy atom. The van der Waals surface area contributed by atoms with Gasteiger partial charge < -0.3 is 4.40 Å². The molecule has 14 aromatic rings. The Bertz CT molecular complexity index is 4040. The lowest BCUT2D eigenvalue weighted by Gasteiger charge is -2.14. The van der Waals surface area contributed by atoms with E-state index in [2.05, 4.69) is 179 Å². The lowest BCUT2D eigenvalue weighted by Crippen LogP contribution is -2.04. The van der Waals surface area contributed by atoms with Gasteiger partial charge in [0.2, 0.25) is 5.95 Å². The first-order valence-corrected chi connectivity index (χ1v) is 20.2. The summed E-state index contributed by atoms with van der Waals surface area (Å²) in [6.07, 6.45) is 0. The monoisotopic (exact) mass is 740 g/mol. The van der Waals surface area contributed by atoms with Crippen molar-refractivity contribution in [3.63, 3.8) is 0 Å². The highest BCUT2D eigenvalue weighted by Crippen LogP contribution is 2.49. The predicted molar refractivity (Wildman–Crippen MR) is 242 cm³/mol. The third kappa shape index (κ3) is 3.77. The molecule has 4 nitrogen and oxygen atoms in total. The maximum atomic E-state index is 5.61. The summed E-state index contributed by atoms with van der Waals surface area (Å²) >= 11 is 1.90. The third-order valence-corrected chi connectivity index (χ3v) is 13.6. The van der Waals surface area contributed by atoms with Crippen LogP contribution in [0.1, 0.15) is 0 Å². The Morgan fingerprint density at radius 3 is 1.98 bits per heavy atom. The average molecular weight is 741 g/mol. The van der Waals surface area contributed by atoms with Gasteiger partial charge in [0, 0.05) is 58.7 Å². The van der Waals surface area contributed by atoms with E-state index in [1.165, 1.54) is 85.2 Å². The van der Waals surface area contributed by atoms with Gasteiger partial charge >= 0.3 is 0 Å². The van der Waals surface area contributed by atoms with Gasteiger partial charge in [0.15, 0.2) is 0 Å². The zero-order valence-electron chi connectivity index (χ0n) is 30.4. The first-order valence-electron chi connectivity index (χ1n) is 19.4. The molecule has 0 aliphatic heterocycles. The average Bonchev–Trinajstić information content (AvgIpc) is 3.92. The fourth-order valence-electron chi connectivity index (χ4n) is 10.1. The van der Waals surface area contributed by atoms with Gasteiger partial charge in [-0.3, -0.25) is 4.57 Å². The molecule has 0 saturated heterocycles. The van der Waals surface area contributed by atoms with Crippen LogP contribution < -0.4 is 0 Å². The van der Waals surface area contributed by atoms with Gasteiger partial charge in [0.25, 0.3) is 0 Å². The van der Waals surface area contributed by atoms with Crippen molar-refractivity contribution in [2.75, 3.05) is 0 Å². The second kappa shape index (κ2) is 10.7. The molecular formula is C52H28N4S. The standard InChI is InChI=1S/C52H28N4S/c1-2-13-30(14-3-1)47-44-32-16-6-4-12-29(32)24-27-40(44)53-52(54-47)56-42-22-11-21-41-46(42)45-39(28-31-15-5-7-17-33(31)49(45)56)36-20-10-19-35-37-25-26-38-34-18-8-9-23-43(34)57-51(38)50(37)55(41)48(35)36/h1-28H. The van der Waals surface area contributed by atoms with Crippen molar-refractivity contribution in [1.82, 2.24) is 18.9 Å². The van der Waals surface area contributed by atoms with Gasteiger partial charge in [0.1, 0.15) is 0 Å². The lowest BCUT2D eigenvalue weighted by atomic mass is 9.99. The maximum absolute atomic E-state index is 5.61. The van der Waals surface area contributed by atoms with Crippen LogP contribution in [0, 0.1) is 0 Å². The van der Waals surface area contributed by atoms with Gasteiger partial charge in [-0.25, -0.2) is 9.97 Å². The molecule has 262 valence electrons. The fraction of sp³-hybridized carbons (Fsp3) is 0. The topological polar surface area (TPSA) is 35.1 Å². The highest BCUT2D eigenvalue weighted by atomic mass is 32.1. The molecule has 5 heterocycles. The molecule has 0 bridgehead atoms. The van der Waals surface area contributed by atoms with Crippen molar-refractivity contribution in [3.05, 3.63) is 170 Å². The first kappa shape index (κ1) is 29.9. The van der Waals surface area contributed by atoms with Crippen LogP contribution in [-0.4, -0.2) is 18.9 Å². The molecule has 0 aliphatic rings. The number of hydrogen-bond donors (Lipinski definition) is 0. The molecule has 0 amide bonds. The fourth-order valence-corrected chi connectivity index (χ4v) is 11.3. The molecule has 0 saturated carbocycles. The molecule has 0 atom stereocenters. The van der Waals surface area contributed by atoms with Crippen molar-refractivity contribution >= 4 is 124 Å². The van der Waals surface area contributed by atoms with Crippen molar-refractivity contribution in [2.45, 2.75) is 0 Å². The van der Waals surface area contributed by atoms with Crippen molar-refractivity contribution in [2.24, 2.45) is 0 Å². The zero-order chi connectivity index (χ0) is 36.9. The van der Waals surface area contributed by atoms with E-state index in [-0.39, 0.29) is 0 Å². The van der Waals surface area contributed by atoms with Crippen LogP contribution >= 0.6 is 11.3 Å².